The average molecular weight is 345 g/mol. The molecule has 1 aliphatic rings. The minimum atomic E-state index is -0.191. The van der Waals surface area contributed by atoms with Gasteiger partial charge in [0.25, 0.3) is 11.8 Å². The van der Waals surface area contributed by atoms with Gasteiger partial charge < -0.3 is 15.0 Å². The molecule has 0 spiro atoms. The highest BCUT2D eigenvalue weighted by molar-refractivity contribution is 7.09. The van der Waals surface area contributed by atoms with Crippen LogP contribution in [-0.2, 0) is 11.3 Å². The second-order valence-electron chi connectivity index (χ2n) is 6.04. The fourth-order valence-corrected chi connectivity index (χ4v) is 3.23. The normalized spacial score (nSPS) is 13.2. The fourth-order valence-electron chi connectivity index (χ4n) is 2.40. The number of benzene rings is 1. The first-order valence-electron chi connectivity index (χ1n) is 7.70. The Balaban J connectivity index is 1.72. The number of nitrogens with one attached hydrogen (secondary N) is 1. The largest absolute Gasteiger partial charge is 0.482 e. The van der Waals surface area contributed by atoms with Crippen molar-refractivity contribution in [1.82, 2.24) is 9.88 Å². The number of hydrogen-bond donors (Lipinski definition) is 1. The molecule has 1 aliphatic heterocycles. The van der Waals surface area contributed by atoms with Crippen molar-refractivity contribution < 1.29 is 14.3 Å². The van der Waals surface area contributed by atoms with Gasteiger partial charge in [0.15, 0.2) is 6.61 Å². The van der Waals surface area contributed by atoms with Crippen molar-refractivity contribution in [2.45, 2.75) is 26.3 Å². The molecular weight excluding hydrogens is 326 g/mol. The molecule has 0 saturated carbocycles. The molecule has 0 saturated heterocycles. The summed E-state index contributed by atoms with van der Waals surface area (Å²) >= 11 is 1.62. The van der Waals surface area contributed by atoms with E-state index in [-0.39, 0.29) is 18.4 Å². The lowest BCUT2D eigenvalue weighted by atomic mass is 10.1. The van der Waals surface area contributed by atoms with Crippen LogP contribution < -0.4 is 10.1 Å². The number of nitrogens with zero attached hydrogens (tertiary/aromatic N) is 2. The minimum Gasteiger partial charge on any atom is -0.482 e. The molecule has 0 bridgehead atoms. The van der Waals surface area contributed by atoms with Crippen LogP contribution in [0.25, 0.3) is 0 Å². The van der Waals surface area contributed by atoms with Crippen molar-refractivity contribution in [2.75, 3.05) is 19.0 Å². The zero-order valence-electron chi connectivity index (χ0n) is 13.8. The Kier molecular flexibility index (Phi) is 4.53. The predicted molar refractivity (Wildman–Crippen MR) is 92.6 cm³/mol. The third-order valence-electron chi connectivity index (χ3n) is 3.67. The minimum absolute atomic E-state index is 0.0305. The van der Waals surface area contributed by atoms with Crippen LogP contribution in [0.4, 0.5) is 5.69 Å². The lowest BCUT2D eigenvalue weighted by Gasteiger charge is -2.20. The number of hydrogen-bond acceptors (Lipinski definition) is 5. The molecule has 6 nitrogen and oxygen atoms in total. The number of carbonyl (C=O) groups excluding carboxylic acids is 2. The SMILES string of the molecule is CC(C)c1nc(CN(C)C(=O)c2ccc3c(c2)OCC(=O)N3)cs1. The van der Waals surface area contributed by atoms with E-state index in [1.54, 1.807) is 41.5 Å². The maximum atomic E-state index is 12.6. The first kappa shape index (κ1) is 16.4. The molecule has 0 atom stereocenters. The molecule has 1 N–H and O–H groups in total. The average Bonchev–Trinajstić information content (AvgIpc) is 3.02. The Bertz CT molecular complexity index is 785. The van der Waals surface area contributed by atoms with Crippen LogP contribution in [0.5, 0.6) is 5.75 Å². The van der Waals surface area contributed by atoms with Crippen molar-refractivity contribution in [2.24, 2.45) is 0 Å². The molecule has 2 amide bonds. The van der Waals surface area contributed by atoms with Gasteiger partial charge in [0.05, 0.1) is 22.9 Å². The molecule has 0 radical (unpaired) electrons. The predicted octanol–water partition coefficient (Wildman–Crippen LogP) is 2.87. The van der Waals surface area contributed by atoms with E-state index < -0.39 is 0 Å². The highest BCUT2D eigenvalue weighted by Gasteiger charge is 2.20. The number of ether oxygens (including phenoxy) is 1. The molecule has 1 aromatic heterocycles. The Morgan fingerprint density at radius 1 is 1.46 bits per heavy atom. The van der Waals surface area contributed by atoms with E-state index in [9.17, 15) is 9.59 Å². The Morgan fingerprint density at radius 2 is 2.25 bits per heavy atom. The van der Waals surface area contributed by atoms with Gasteiger partial charge in [0.1, 0.15) is 5.75 Å². The first-order chi connectivity index (χ1) is 11.4. The standard InChI is InChI=1S/C17H19N3O3S/c1-10(2)16-18-12(9-24-16)7-20(3)17(22)11-4-5-13-14(6-11)23-8-15(21)19-13/h4-6,9-10H,7-8H2,1-3H3,(H,19,21). The molecular formula is C17H19N3O3S. The zero-order chi connectivity index (χ0) is 17.3. The molecule has 0 unspecified atom stereocenters. The third kappa shape index (κ3) is 3.41. The Labute approximate surface area is 144 Å². The van der Waals surface area contributed by atoms with Gasteiger partial charge in [-0.05, 0) is 18.2 Å². The van der Waals surface area contributed by atoms with E-state index in [0.29, 0.717) is 29.5 Å². The summed E-state index contributed by atoms with van der Waals surface area (Å²) in [5.41, 5.74) is 2.00. The summed E-state index contributed by atoms with van der Waals surface area (Å²) in [6.45, 7) is 4.63. The van der Waals surface area contributed by atoms with Crippen molar-refractivity contribution >= 4 is 28.8 Å². The molecule has 0 aliphatic carbocycles. The van der Waals surface area contributed by atoms with Gasteiger partial charge in [-0.1, -0.05) is 13.8 Å². The Hall–Kier alpha value is -2.41. The van der Waals surface area contributed by atoms with Crippen LogP contribution in [0, 0.1) is 0 Å². The van der Waals surface area contributed by atoms with E-state index >= 15 is 0 Å². The van der Waals surface area contributed by atoms with Gasteiger partial charge in [-0.15, -0.1) is 11.3 Å². The van der Waals surface area contributed by atoms with Gasteiger partial charge in [-0.25, -0.2) is 4.98 Å². The molecule has 1 aromatic carbocycles. The van der Waals surface area contributed by atoms with E-state index in [1.165, 1.54) is 0 Å². The van der Waals surface area contributed by atoms with E-state index in [4.69, 9.17) is 4.74 Å². The maximum absolute atomic E-state index is 12.6. The summed E-state index contributed by atoms with van der Waals surface area (Å²) in [6.07, 6.45) is 0. The van der Waals surface area contributed by atoms with E-state index in [1.807, 2.05) is 5.38 Å². The van der Waals surface area contributed by atoms with Crippen molar-refractivity contribution in [3.05, 3.63) is 39.8 Å². The number of rotatable bonds is 4. The van der Waals surface area contributed by atoms with Gasteiger partial charge >= 0.3 is 0 Å². The summed E-state index contributed by atoms with van der Waals surface area (Å²) in [6, 6.07) is 5.04. The van der Waals surface area contributed by atoms with Crippen LogP contribution in [-0.4, -0.2) is 35.4 Å². The summed E-state index contributed by atoms with van der Waals surface area (Å²) in [5.74, 6) is 0.600. The van der Waals surface area contributed by atoms with Crippen LogP contribution in [0.3, 0.4) is 0 Å². The molecule has 2 heterocycles. The van der Waals surface area contributed by atoms with Gasteiger partial charge in [-0.2, -0.15) is 0 Å². The molecule has 7 heteroatoms. The summed E-state index contributed by atoms with van der Waals surface area (Å²) in [4.78, 5) is 30.1. The maximum Gasteiger partial charge on any atom is 0.262 e. The smallest absolute Gasteiger partial charge is 0.262 e. The molecule has 2 aromatic rings. The van der Waals surface area contributed by atoms with Gasteiger partial charge in [0, 0.05) is 23.9 Å². The summed E-state index contributed by atoms with van der Waals surface area (Å²) < 4.78 is 5.36. The quantitative estimate of drug-likeness (QED) is 0.925. The third-order valence-corrected chi connectivity index (χ3v) is 4.86. The number of carbonyl (C=O) groups is 2. The van der Waals surface area contributed by atoms with Crippen LogP contribution in [0.2, 0.25) is 0 Å². The van der Waals surface area contributed by atoms with Crippen molar-refractivity contribution in [1.29, 1.82) is 0 Å². The highest BCUT2D eigenvalue weighted by atomic mass is 32.1. The molecule has 0 fully saturated rings. The number of amides is 2. The van der Waals surface area contributed by atoms with Gasteiger partial charge in [0.2, 0.25) is 0 Å². The monoisotopic (exact) mass is 345 g/mol. The van der Waals surface area contributed by atoms with Crippen LogP contribution >= 0.6 is 11.3 Å². The van der Waals surface area contributed by atoms with Crippen LogP contribution in [0.1, 0.15) is 40.8 Å². The lowest BCUT2D eigenvalue weighted by molar-refractivity contribution is -0.118. The Morgan fingerprint density at radius 3 is 2.96 bits per heavy atom. The molecule has 24 heavy (non-hydrogen) atoms. The van der Waals surface area contributed by atoms with Crippen molar-refractivity contribution in [3.63, 3.8) is 0 Å². The fraction of sp³-hybridized carbons (Fsp3) is 0.353. The summed E-state index contributed by atoms with van der Waals surface area (Å²) in [7, 11) is 1.75. The highest BCUT2D eigenvalue weighted by Crippen LogP contribution is 2.29. The van der Waals surface area contributed by atoms with E-state index in [2.05, 4.69) is 24.1 Å². The second kappa shape index (κ2) is 6.60. The number of thiazole rings is 1. The molecule has 3 rings (SSSR count). The summed E-state index contributed by atoms with van der Waals surface area (Å²) in [5, 5.41) is 5.77. The zero-order valence-corrected chi connectivity index (χ0v) is 14.6. The number of aromatic nitrogens is 1. The number of fused-ring (bicyclic) bond motifs is 1. The topological polar surface area (TPSA) is 71.5 Å². The second-order valence-corrected chi connectivity index (χ2v) is 6.93. The molecule has 126 valence electrons. The van der Waals surface area contributed by atoms with Crippen LogP contribution in [0.15, 0.2) is 23.6 Å². The van der Waals surface area contributed by atoms with Crippen molar-refractivity contribution in [3.8, 4) is 5.75 Å². The van der Waals surface area contributed by atoms with E-state index in [0.717, 1.165) is 10.7 Å². The number of anilines is 1. The lowest BCUT2D eigenvalue weighted by Crippen LogP contribution is -2.28. The van der Waals surface area contributed by atoms with Gasteiger partial charge in [-0.3, -0.25) is 9.59 Å². The first-order valence-corrected chi connectivity index (χ1v) is 8.58.